The maximum atomic E-state index is 12.0. The number of aryl methyl sites for hydroxylation is 1. The van der Waals surface area contributed by atoms with E-state index in [1.54, 1.807) is 11.8 Å². The van der Waals surface area contributed by atoms with Crippen molar-refractivity contribution in [3.8, 4) is 28.5 Å². The fraction of sp³-hybridized carbons (Fsp3) is 0.200. The summed E-state index contributed by atoms with van der Waals surface area (Å²) in [7, 11) is 1.62. The second-order valence-corrected chi connectivity index (χ2v) is 6.24. The third-order valence-corrected chi connectivity index (χ3v) is 4.45. The third-order valence-electron chi connectivity index (χ3n) is 4.45. The van der Waals surface area contributed by atoms with Gasteiger partial charge in [0.1, 0.15) is 28.8 Å². The van der Waals surface area contributed by atoms with E-state index in [2.05, 4.69) is 10.4 Å². The third kappa shape index (κ3) is 3.31. The van der Waals surface area contributed by atoms with E-state index in [1.165, 1.54) is 0 Å². The molecule has 0 radical (unpaired) electrons. The van der Waals surface area contributed by atoms with Crippen LogP contribution in [-0.2, 0) is 6.42 Å². The molecule has 0 bridgehead atoms. The molecule has 0 saturated heterocycles. The van der Waals surface area contributed by atoms with Crippen LogP contribution in [0.1, 0.15) is 22.7 Å². The number of nitrogens with two attached hydrogens (primary N) is 1. The number of fused-ring (bicyclic) bond motifs is 1. The first-order chi connectivity index (χ1) is 13.2. The molecule has 0 saturated carbocycles. The van der Waals surface area contributed by atoms with Crippen LogP contribution < -0.4 is 20.6 Å². The predicted octanol–water partition coefficient (Wildman–Crippen LogP) is 2.94. The quantitative estimate of drug-likeness (QED) is 0.726. The van der Waals surface area contributed by atoms with Crippen LogP contribution in [0.15, 0.2) is 48.5 Å². The highest BCUT2D eigenvalue weighted by Gasteiger charge is 2.24. The molecule has 2 heterocycles. The predicted molar refractivity (Wildman–Crippen MR) is 102 cm³/mol. The molecule has 3 aromatic rings. The second-order valence-electron chi connectivity index (χ2n) is 6.24. The number of imidazole rings is 1. The highest BCUT2D eigenvalue weighted by Crippen LogP contribution is 2.29. The number of carbonyl (C=O) groups is 1. The molecule has 0 fully saturated rings. The van der Waals surface area contributed by atoms with Crippen LogP contribution in [0.25, 0.3) is 11.3 Å². The van der Waals surface area contributed by atoms with Crippen molar-refractivity contribution < 1.29 is 14.3 Å². The Balaban J connectivity index is 1.60. The number of nitrogens with zero attached hydrogens (tertiary/aromatic N) is 2. The van der Waals surface area contributed by atoms with Crippen LogP contribution in [0, 0.1) is 0 Å². The molecule has 4 rings (SSSR count). The summed E-state index contributed by atoms with van der Waals surface area (Å²) in [6.45, 7) is 0.789. The molecule has 2 aromatic carbocycles. The summed E-state index contributed by atoms with van der Waals surface area (Å²) in [5, 5.41) is 0. The molecule has 0 unspecified atom stereocenters. The largest absolute Gasteiger partial charge is 0.497 e. The van der Waals surface area contributed by atoms with Gasteiger partial charge >= 0.3 is 0 Å². The van der Waals surface area contributed by atoms with Crippen molar-refractivity contribution in [1.29, 1.82) is 0 Å². The highest BCUT2D eigenvalue weighted by atomic mass is 16.5. The molecular formula is C20H20N4O3. The first kappa shape index (κ1) is 17.0. The van der Waals surface area contributed by atoms with Crippen LogP contribution in [0.3, 0.4) is 0 Å². The van der Waals surface area contributed by atoms with Crippen molar-refractivity contribution in [2.24, 2.45) is 5.73 Å². The molecule has 0 aliphatic carbocycles. The Morgan fingerprint density at radius 1 is 1.07 bits per heavy atom. The molecule has 7 heteroatoms. The molecular weight excluding hydrogens is 344 g/mol. The zero-order valence-corrected chi connectivity index (χ0v) is 14.9. The fourth-order valence-corrected chi connectivity index (χ4v) is 3.13. The van der Waals surface area contributed by atoms with E-state index in [0.29, 0.717) is 22.9 Å². The number of hydrogen-bond acceptors (Lipinski definition) is 5. The van der Waals surface area contributed by atoms with Gasteiger partial charge in [-0.15, -0.1) is 0 Å². The Kier molecular flexibility index (Phi) is 4.42. The Morgan fingerprint density at radius 2 is 1.70 bits per heavy atom. The average molecular weight is 364 g/mol. The van der Waals surface area contributed by atoms with E-state index < -0.39 is 5.91 Å². The summed E-state index contributed by atoms with van der Waals surface area (Å²) in [6, 6.07) is 14.8. The van der Waals surface area contributed by atoms with Gasteiger partial charge in [-0.1, -0.05) is 0 Å². The minimum Gasteiger partial charge on any atom is -0.497 e. The molecule has 138 valence electrons. The first-order valence-electron chi connectivity index (χ1n) is 8.73. The second kappa shape index (κ2) is 7.03. The lowest BCUT2D eigenvalue weighted by Crippen LogP contribution is -2.29. The molecule has 7 nitrogen and oxygen atoms in total. The standard InChI is InChI=1S/C20H20N4O3/c1-26-14-8-10-16(11-9-14)27-15-6-4-13(5-7-15)18-19(20(21)25)24-17(23-18)3-2-12-22-24/h4-11,22H,2-3,12H2,1H3,(H2,21,25). The summed E-state index contributed by atoms with van der Waals surface area (Å²) in [5.41, 5.74) is 10.6. The molecule has 0 spiro atoms. The molecule has 3 N–H and O–H groups in total. The lowest BCUT2D eigenvalue weighted by atomic mass is 10.1. The van der Waals surface area contributed by atoms with Crippen LogP contribution >= 0.6 is 0 Å². The minimum atomic E-state index is -0.503. The van der Waals surface area contributed by atoms with Crippen molar-refractivity contribution >= 4 is 5.91 Å². The molecule has 0 atom stereocenters. The maximum Gasteiger partial charge on any atom is 0.269 e. The van der Waals surface area contributed by atoms with Gasteiger partial charge in [-0.3, -0.25) is 4.79 Å². The zero-order chi connectivity index (χ0) is 18.8. The zero-order valence-electron chi connectivity index (χ0n) is 14.9. The van der Waals surface area contributed by atoms with E-state index in [4.69, 9.17) is 15.2 Å². The summed E-state index contributed by atoms with van der Waals surface area (Å²) in [6.07, 6.45) is 1.79. The van der Waals surface area contributed by atoms with Crippen molar-refractivity contribution in [3.05, 3.63) is 60.0 Å². The van der Waals surface area contributed by atoms with Gasteiger partial charge in [-0.2, -0.15) is 0 Å². The first-order valence-corrected chi connectivity index (χ1v) is 8.73. The number of amides is 1. The van der Waals surface area contributed by atoms with Gasteiger partial charge in [0.2, 0.25) is 0 Å². The van der Waals surface area contributed by atoms with E-state index in [-0.39, 0.29) is 0 Å². The van der Waals surface area contributed by atoms with Crippen molar-refractivity contribution in [3.63, 3.8) is 0 Å². The van der Waals surface area contributed by atoms with Gasteiger partial charge in [-0.25, -0.2) is 9.66 Å². The van der Waals surface area contributed by atoms with Gasteiger partial charge in [-0.05, 0) is 55.0 Å². The van der Waals surface area contributed by atoms with Gasteiger partial charge in [0.25, 0.3) is 5.91 Å². The number of ether oxygens (including phenoxy) is 2. The van der Waals surface area contributed by atoms with Gasteiger partial charge in [0.05, 0.1) is 7.11 Å². The lowest BCUT2D eigenvalue weighted by Gasteiger charge is -2.17. The van der Waals surface area contributed by atoms with E-state index in [0.717, 1.165) is 36.5 Å². The van der Waals surface area contributed by atoms with Crippen molar-refractivity contribution in [2.75, 3.05) is 19.1 Å². The van der Waals surface area contributed by atoms with E-state index in [9.17, 15) is 4.79 Å². The van der Waals surface area contributed by atoms with Crippen LogP contribution in [0.2, 0.25) is 0 Å². The van der Waals surface area contributed by atoms with Gasteiger partial charge in [0, 0.05) is 18.5 Å². The molecule has 1 amide bonds. The Hall–Kier alpha value is -3.48. The fourth-order valence-electron chi connectivity index (χ4n) is 3.13. The maximum absolute atomic E-state index is 12.0. The van der Waals surface area contributed by atoms with Crippen LogP contribution in [0.4, 0.5) is 0 Å². The van der Waals surface area contributed by atoms with Crippen LogP contribution in [-0.4, -0.2) is 29.2 Å². The summed E-state index contributed by atoms with van der Waals surface area (Å²) < 4.78 is 12.7. The molecule has 1 aromatic heterocycles. The summed E-state index contributed by atoms with van der Waals surface area (Å²) in [5.74, 6) is 2.49. The number of carbonyl (C=O) groups excluding carboxylic acids is 1. The van der Waals surface area contributed by atoms with Gasteiger partial charge in [0.15, 0.2) is 5.69 Å². The van der Waals surface area contributed by atoms with Crippen molar-refractivity contribution in [2.45, 2.75) is 12.8 Å². The smallest absolute Gasteiger partial charge is 0.269 e. The molecule has 1 aliphatic heterocycles. The molecule has 1 aliphatic rings. The normalized spacial score (nSPS) is 12.8. The minimum absolute atomic E-state index is 0.383. The topological polar surface area (TPSA) is 91.4 Å². The number of primary amides is 1. The number of nitrogens with one attached hydrogen (secondary N) is 1. The molecule has 27 heavy (non-hydrogen) atoms. The Labute approximate surface area is 156 Å². The van der Waals surface area contributed by atoms with Crippen molar-refractivity contribution in [1.82, 2.24) is 9.66 Å². The SMILES string of the molecule is COc1ccc(Oc2ccc(-c3nc4n(c3C(N)=O)NCCC4)cc2)cc1. The Bertz CT molecular complexity index is 962. The van der Waals surface area contributed by atoms with E-state index in [1.807, 2.05) is 48.5 Å². The summed E-state index contributed by atoms with van der Waals surface area (Å²) >= 11 is 0. The van der Waals surface area contributed by atoms with E-state index >= 15 is 0 Å². The Morgan fingerprint density at radius 3 is 2.33 bits per heavy atom. The van der Waals surface area contributed by atoms with Crippen LogP contribution in [0.5, 0.6) is 17.2 Å². The highest BCUT2D eigenvalue weighted by molar-refractivity contribution is 5.97. The lowest BCUT2D eigenvalue weighted by molar-refractivity contribution is 0.0993. The average Bonchev–Trinajstić information content (AvgIpc) is 3.09. The number of hydrogen-bond donors (Lipinski definition) is 2. The number of aromatic nitrogens is 2. The number of methoxy groups -OCH3 is 1. The van der Waals surface area contributed by atoms with Gasteiger partial charge < -0.3 is 20.6 Å². The summed E-state index contributed by atoms with van der Waals surface area (Å²) in [4.78, 5) is 16.6. The number of rotatable bonds is 5. The number of benzene rings is 2. The monoisotopic (exact) mass is 364 g/mol.